The van der Waals surface area contributed by atoms with E-state index >= 15 is 0 Å². The summed E-state index contributed by atoms with van der Waals surface area (Å²) >= 11 is 0. The first kappa shape index (κ1) is 18.5. The number of benzene rings is 1. The summed E-state index contributed by atoms with van der Waals surface area (Å²) in [6.45, 7) is 0.999. The molecule has 136 valence electrons. The Labute approximate surface area is 152 Å². The van der Waals surface area contributed by atoms with Crippen LogP contribution in [0.1, 0.15) is 17.7 Å². The van der Waals surface area contributed by atoms with Crippen molar-refractivity contribution in [3.63, 3.8) is 0 Å². The summed E-state index contributed by atoms with van der Waals surface area (Å²) in [5.41, 5.74) is 0.873. The lowest BCUT2D eigenvalue weighted by molar-refractivity contribution is -0.0579. The first-order valence-corrected chi connectivity index (χ1v) is 9.69. The Hall–Kier alpha value is -2.31. The lowest BCUT2D eigenvalue weighted by atomic mass is 10.1. The van der Waals surface area contributed by atoms with E-state index in [9.17, 15) is 8.42 Å². The van der Waals surface area contributed by atoms with Gasteiger partial charge in [-0.15, -0.1) is 0 Å². The number of hydrogen-bond acceptors (Lipinski definition) is 6. The number of hydrogen-bond donors (Lipinski definition) is 1. The van der Waals surface area contributed by atoms with E-state index in [1.807, 2.05) is 24.3 Å². The van der Waals surface area contributed by atoms with E-state index in [2.05, 4.69) is 9.71 Å². The summed E-state index contributed by atoms with van der Waals surface area (Å²) in [6.07, 6.45) is 1.91. The number of sulfonamides is 1. The third kappa shape index (κ3) is 4.45. The number of rotatable bonds is 6. The molecule has 2 atom stereocenters. The molecule has 2 aromatic rings. The fourth-order valence-electron chi connectivity index (χ4n) is 2.76. The summed E-state index contributed by atoms with van der Waals surface area (Å²) in [4.78, 5) is 4.16. The summed E-state index contributed by atoms with van der Waals surface area (Å²) in [6, 6.07) is 13.0. The fraction of sp³-hybridized carbons (Fsp3) is 0.333. The summed E-state index contributed by atoms with van der Waals surface area (Å²) in [5.74, 6) is 0. The SMILES string of the molecule is N#Cc1ccccc1S(=O)(=O)N[C@@H]1COCC[C@H]1OCc1ccccn1. The molecule has 8 heteroatoms. The number of nitrogens with one attached hydrogen (secondary N) is 1. The van der Waals surface area contributed by atoms with Crippen LogP contribution in [-0.4, -0.2) is 38.8 Å². The van der Waals surface area contributed by atoms with Crippen LogP contribution in [0.3, 0.4) is 0 Å². The van der Waals surface area contributed by atoms with Crippen molar-refractivity contribution in [2.24, 2.45) is 0 Å². The second kappa shape index (κ2) is 8.38. The maximum absolute atomic E-state index is 12.7. The Kier molecular flexibility index (Phi) is 5.96. The van der Waals surface area contributed by atoms with E-state index < -0.39 is 16.1 Å². The molecule has 0 radical (unpaired) electrons. The Morgan fingerprint density at radius 1 is 1.27 bits per heavy atom. The molecule has 0 spiro atoms. The van der Waals surface area contributed by atoms with Crippen molar-refractivity contribution >= 4 is 10.0 Å². The Balaban J connectivity index is 1.72. The van der Waals surface area contributed by atoms with Crippen LogP contribution in [0.2, 0.25) is 0 Å². The first-order chi connectivity index (χ1) is 12.6. The minimum atomic E-state index is -3.87. The minimum Gasteiger partial charge on any atom is -0.380 e. The maximum atomic E-state index is 12.7. The average molecular weight is 373 g/mol. The zero-order valence-electron chi connectivity index (χ0n) is 14.0. The molecule has 1 saturated heterocycles. The van der Waals surface area contributed by atoms with Gasteiger partial charge in [0.05, 0.1) is 41.5 Å². The van der Waals surface area contributed by atoms with E-state index in [1.54, 1.807) is 18.3 Å². The van der Waals surface area contributed by atoms with Crippen molar-refractivity contribution in [2.75, 3.05) is 13.2 Å². The topological polar surface area (TPSA) is 101 Å². The third-order valence-corrected chi connectivity index (χ3v) is 5.62. The van der Waals surface area contributed by atoms with Gasteiger partial charge in [0.15, 0.2) is 0 Å². The first-order valence-electron chi connectivity index (χ1n) is 8.21. The molecule has 1 aromatic carbocycles. The highest BCUT2D eigenvalue weighted by molar-refractivity contribution is 7.89. The second-order valence-corrected chi connectivity index (χ2v) is 7.55. The lowest BCUT2D eigenvalue weighted by Crippen LogP contribution is -2.50. The van der Waals surface area contributed by atoms with Gasteiger partial charge in [-0.2, -0.15) is 5.26 Å². The third-order valence-electron chi connectivity index (χ3n) is 4.07. The largest absolute Gasteiger partial charge is 0.380 e. The summed E-state index contributed by atoms with van der Waals surface area (Å²) in [7, 11) is -3.87. The minimum absolute atomic E-state index is 0.0449. The standard InChI is InChI=1S/C18H19N3O4S/c19-11-14-5-1-2-7-18(14)26(22,23)21-16-13-24-10-8-17(16)25-12-15-6-3-4-9-20-15/h1-7,9,16-17,21H,8,10,12-13H2/t16-,17-/m1/s1. The number of nitriles is 1. The van der Waals surface area contributed by atoms with Crippen LogP contribution >= 0.6 is 0 Å². The van der Waals surface area contributed by atoms with Gasteiger partial charge >= 0.3 is 0 Å². The molecular weight excluding hydrogens is 354 g/mol. The molecule has 1 aliphatic heterocycles. The van der Waals surface area contributed by atoms with Crippen molar-refractivity contribution in [3.8, 4) is 6.07 Å². The molecule has 1 aliphatic rings. The van der Waals surface area contributed by atoms with Gasteiger partial charge in [0, 0.05) is 12.8 Å². The molecular formula is C18H19N3O4S. The molecule has 0 bridgehead atoms. The normalized spacial score (nSPS) is 20.4. The van der Waals surface area contributed by atoms with Gasteiger partial charge in [-0.25, -0.2) is 13.1 Å². The van der Waals surface area contributed by atoms with Gasteiger partial charge in [-0.1, -0.05) is 18.2 Å². The molecule has 1 aromatic heterocycles. The number of nitrogens with zero attached hydrogens (tertiary/aromatic N) is 2. The Bertz CT molecular complexity index is 881. The van der Waals surface area contributed by atoms with E-state index in [0.29, 0.717) is 19.6 Å². The zero-order valence-corrected chi connectivity index (χ0v) is 14.9. The van der Waals surface area contributed by atoms with Crippen LogP contribution in [0.15, 0.2) is 53.6 Å². The maximum Gasteiger partial charge on any atom is 0.242 e. The molecule has 7 nitrogen and oxygen atoms in total. The molecule has 0 amide bonds. The van der Waals surface area contributed by atoms with Crippen LogP contribution in [0, 0.1) is 11.3 Å². The van der Waals surface area contributed by atoms with Gasteiger partial charge in [0.1, 0.15) is 6.07 Å². The quantitative estimate of drug-likeness (QED) is 0.825. The van der Waals surface area contributed by atoms with Crippen LogP contribution in [0.5, 0.6) is 0 Å². The van der Waals surface area contributed by atoms with Crippen LogP contribution < -0.4 is 4.72 Å². The van der Waals surface area contributed by atoms with E-state index in [-0.39, 0.29) is 23.2 Å². The molecule has 1 fully saturated rings. The number of aromatic nitrogens is 1. The molecule has 0 saturated carbocycles. The van der Waals surface area contributed by atoms with Crippen LogP contribution in [-0.2, 0) is 26.1 Å². The fourth-order valence-corrected chi connectivity index (χ4v) is 4.17. The van der Waals surface area contributed by atoms with Crippen LogP contribution in [0.25, 0.3) is 0 Å². The monoisotopic (exact) mass is 373 g/mol. The highest BCUT2D eigenvalue weighted by Gasteiger charge is 2.31. The molecule has 0 aliphatic carbocycles. The second-order valence-electron chi connectivity index (χ2n) is 5.87. The van der Waals surface area contributed by atoms with Gasteiger partial charge in [-0.05, 0) is 30.7 Å². The van der Waals surface area contributed by atoms with E-state index in [1.165, 1.54) is 12.1 Å². The van der Waals surface area contributed by atoms with Gasteiger partial charge in [0.2, 0.25) is 10.0 Å². The van der Waals surface area contributed by atoms with Crippen molar-refractivity contribution in [2.45, 2.75) is 30.1 Å². The van der Waals surface area contributed by atoms with Crippen molar-refractivity contribution in [1.29, 1.82) is 5.26 Å². The highest BCUT2D eigenvalue weighted by atomic mass is 32.2. The smallest absolute Gasteiger partial charge is 0.242 e. The lowest BCUT2D eigenvalue weighted by Gasteiger charge is -2.31. The van der Waals surface area contributed by atoms with Crippen molar-refractivity contribution in [3.05, 3.63) is 59.9 Å². The van der Waals surface area contributed by atoms with Crippen molar-refractivity contribution < 1.29 is 17.9 Å². The summed E-state index contributed by atoms with van der Waals surface area (Å²) in [5, 5.41) is 9.15. The van der Waals surface area contributed by atoms with Crippen molar-refractivity contribution in [1.82, 2.24) is 9.71 Å². The van der Waals surface area contributed by atoms with Gasteiger partial charge in [0.25, 0.3) is 0 Å². The molecule has 2 heterocycles. The predicted molar refractivity (Wildman–Crippen MR) is 93.5 cm³/mol. The van der Waals surface area contributed by atoms with Gasteiger partial charge < -0.3 is 9.47 Å². The van der Waals surface area contributed by atoms with Gasteiger partial charge in [-0.3, -0.25) is 4.98 Å². The highest BCUT2D eigenvalue weighted by Crippen LogP contribution is 2.19. The zero-order chi connectivity index (χ0) is 18.4. The van der Waals surface area contributed by atoms with E-state index in [4.69, 9.17) is 14.7 Å². The summed E-state index contributed by atoms with van der Waals surface area (Å²) < 4.78 is 39.4. The number of ether oxygens (including phenoxy) is 2. The van der Waals surface area contributed by atoms with E-state index in [0.717, 1.165) is 5.69 Å². The molecule has 0 unspecified atom stereocenters. The molecule has 3 rings (SSSR count). The molecule has 1 N–H and O–H groups in total. The molecule has 26 heavy (non-hydrogen) atoms. The average Bonchev–Trinajstić information content (AvgIpc) is 2.68. The Morgan fingerprint density at radius 2 is 2.08 bits per heavy atom. The predicted octanol–water partition coefficient (Wildman–Crippen LogP) is 1.61. The number of pyridine rings is 1. The van der Waals surface area contributed by atoms with Crippen LogP contribution in [0.4, 0.5) is 0 Å². The Morgan fingerprint density at radius 3 is 2.85 bits per heavy atom.